The number of furan rings is 1. The van der Waals surface area contributed by atoms with Crippen LogP contribution < -0.4 is 10.1 Å². The highest BCUT2D eigenvalue weighted by atomic mass is 32.2. The summed E-state index contributed by atoms with van der Waals surface area (Å²) in [4.78, 5) is 26.8. The van der Waals surface area contributed by atoms with Crippen molar-refractivity contribution in [1.29, 1.82) is 0 Å². The van der Waals surface area contributed by atoms with Crippen LogP contribution in [0.15, 0.2) is 40.8 Å². The zero-order valence-corrected chi connectivity index (χ0v) is 17.1. The fourth-order valence-electron chi connectivity index (χ4n) is 3.32. The number of amides is 2. The average Bonchev–Trinajstić information content (AvgIpc) is 3.11. The molecule has 0 saturated carbocycles. The van der Waals surface area contributed by atoms with Crippen molar-refractivity contribution in [2.24, 2.45) is 0 Å². The average molecular weight is 403 g/mol. The second-order valence-corrected chi connectivity index (χ2v) is 7.73. The zero-order valence-electron chi connectivity index (χ0n) is 16.3. The number of ether oxygens (including phenoxy) is 1. The van der Waals surface area contributed by atoms with Gasteiger partial charge in [0.2, 0.25) is 5.91 Å². The van der Waals surface area contributed by atoms with Crippen LogP contribution in [0.4, 0.5) is 0 Å². The van der Waals surface area contributed by atoms with Crippen LogP contribution in [0.3, 0.4) is 0 Å². The molecule has 1 N–H and O–H groups in total. The van der Waals surface area contributed by atoms with Crippen molar-refractivity contribution in [2.45, 2.75) is 37.6 Å². The maximum atomic E-state index is 12.5. The lowest BCUT2D eigenvalue weighted by molar-refractivity contribution is -0.131. The Morgan fingerprint density at radius 1 is 1.32 bits per heavy atom. The molecule has 1 atom stereocenters. The molecule has 6 nitrogen and oxygen atoms in total. The van der Waals surface area contributed by atoms with E-state index in [1.807, 2.05) is 41.5 Å². The summed E-state index contributed by atoms with van der Waals surface area (Å²) in [6, 6.07) is 11.2. The van der Waals surface area contributed by atoms with E-state index in [-0.39, 0.29) is 17.9 Å². The van der Waals surface area contributed by atoms with E-state index in [0.717, 1.165) is 29.2 Å². The molecular formula is C21H26N2O4S. The number of carbonyl (C=O) groups is 2. The highest BCUT2D eigenvalue weighted by molar-refractivity contribution is 7.97. The number of thioether (sulfide) groups is 1. The molecule has 1 saturated heterocycles. The van der Waals surface area contributed by atoms with Crippen LogP contribution in [0.2, 0.25) is 0 Å². The maximum absolute atomic E-state index is 12.5. The second-order valence-electron chi connectivity index (χ2n) is 6.86. The number of rotatable bonds is 7. The van der Waals surface area contributed by atoms with Crippen molar-refractivity contribution in [3.63, 3.8) is 0 Å². The maximum Gasteiger partial charge on any atom is 0.287 e. The lowest BCUT2D eigenvalue weighted by Gasteiger charge is -2.21. The van der Waals surface area contributed by atoms with E-state index in [1.165, 1.54) is 0 Å². The van der Waals surface area contributed by atoms with Gasteiger partial charge in [-0.3, -0.25) is 9.59 Å². The summed E-state index contributed by atoms with van der Waals surface area (Å²) < 4.78 is 10.8. The van der Waals surface area contributed by atoms with Crippen LogP contribution in [-0.2, 0) is 17.1 Å². The van der Waals surface area contributed by atoms with Gasteiger partial charge in [-0.15, -0.1) is 0 Å². The van der Waals surface area contributed by atoms with Crippen LogP contribution in [-0.4, -0.2) is 42.7 Å². The van der Waals surface area contributed by atoms with Crippen molar-refractivity contribution < 1.29 is 18.7 Å². The summed E-state index contributed by atoms with van der Waals surface area (Å²) in [7, 11) is 1.63. The van der Waals surface area contributed by atoms with E-state index < -0.39 is 0 Å². The third-order valence-electron chi connectivity index (χ3n) is 4.82. The molecule has 150 valence electrons. The van der Waals surface area contributed by atoms with Crippen LogP contribution in [0.25, 0.3) is 0 Å². The van der Waals surface area contributed by atoms with Gasteiger partial charge in [-0.2, -0.15) is 11.8 Å². The molecule has 0 aliphatic carbocycles. The molecular weight excluding hydrogens is 376 g/mol. The van der Waals surface area contributed by atoms with Crippen molar-refractivity contribution in [3.8, 4) is 5.75 Å². The number of hydrogen-bond donors (Lipinski definition) is 1. The molecule has 3 rings (SSSR count). The number of nitrogens with zero attached hydrogens (tertiary/aromatic N) is 1. The number of likely N-dealkylation sites (tertiary alicyclic amines) is 1. The first-order valence-corrected chi connectivity index (χ1v) is 10.8. The smallest absolute Gasteiger partial charge is 0.287 e. The minimum absolute atomic E-state index is 0.0409. The molecule has 1 aromatic heterocycles. The van der Waals surface area contributed by atoms with Gasteiger partial charge >= 0.3 is 0 Å². The molecule has 1 aromatic carbocycles. The Bertz CT molecular complexity index is 820. The van der Waals surface area contributed by atoms with Gasteiger partial charge in [0.1, 0.15) is 11.5 Å². The third-order valence-corrected chi connectivity index (χ3v) is 5.39. The van der Waals surface area contributed by atoms with E-state index >= 15 is 0 Å². The molecule has 1 aliphatic rings. The molecule has 1 fully saturated rings. The molecule has 0 bridgehead atoms. The predicted octanol–water partition coefficient (Wildman–Crippen LogP) is 3.46. The topological polar surface area (TPSA) is 71.8 Å². The molecule has 1 unspecified atom stereocenters. The van der Waals surface area contributed by atoms with Gasteiger partial charge < -0.3 is 19.4 Å². The summed E-state index contributed by atoms with van der Waals surface area (Å²) in [6.07, 6.45) is 3.77. The summed E-state index contributed by atoms with van der Waals surface area (Å²) in [5.41, 5.74) is 1.03. The van der Waals surface area contributed by atoms with Gasteiger partial charge in [-0.05, 0) is 48.9 Å². The normalized spacial score (nSPS) is 17.3. The second kappa shape index (κ2) is 9.68. The lowest BCUT2D eigenvalue weighted by Crippen LogP contribution is -2.35. The van der Waals surface area contributed by atoms with E-state index in [0.29, 0.717) is 31.7 Å². The molecule has 2 aromatic rings. The van der Waals surface area contributed by atoms with Crippen molar-refractivity contribution in [3.05, 3.63) is 53.5 Å². The van der Waals surface area contributed by atoms with E-state index in [1.54, 1.807) is 24.9 Å². The third kappa shape index (κ3) is 5.32. The van der Waals surface area contributed by atoms with Crippen molar-refractivity contribution >= 4 is 23.6 Å². The Balaban J connectivity index is 1.56. The monoisotopic (exact) mass is 402 g/mol. The SMILES string of the molecule is COc1cccc(CN2CCC(NC(=O)c3ccc(CSC)o3)CCC2=O)c1. The van der Waals surface area contributed by atoms with Gasteiger partial charge in [0.05, 0.1) is 12.9 Å². The molecule has 0 spiro atoms. The summed E-state index contributed by atoms with van der Waals surface area (Å²) in [6.45, 7) is 1.16. The Labute approximate surface area is 169 Å². The zero-order chi connectivity index (χ0) is 19.9. The Morgan fingerprint density at radius 2 is 2.18 bits per heavy atom. The number of nitrogens with one attached hydrogen (secondary N) is 1. The highest BCUT2D eigenvalue weighted by Crippen LogP contribution is 2.19. The van der Waals surface area contributed by atoms with Gasteiger partial charge in [0.25, 0.3) is 5.91 Å². The first kappa shape index (κ1) is 20.3. The van der Waals surface area contributed by atoms with E-state index in [4.69, 9.17) is 9.15 Å². The summed E-state index contributed by atoms with van der Waals surface area (Å²) in [5, 5.41) is 3.02. The highest BCUT2D eigenvalue weighted by Gasteiger charge is 2.24. The van der Waals surface area contributed by atoms with Crippen LogP contribution in [0, 0.1) is 0 Å². The van der Waals surface area contributed by atoms with Gasteiger partial charge in [0, 0.05) is 25.6 Å². The van der Waals surface area contributed by atoms with E-state index in [2.05, 4.69) is 5.32 Å². The summed E-state index contributed by atoms with van der Waals surface area (Å²) in [5.74, 6) is 2.53. The van der Waals surface area contributed by atoms with Gasteiger partial charge in [-0.1, -0.05) is 12.1 Å². The molecule has 1 aliphatic heterocycles. The van der Waals surface area contributed by atoms with E-state index in [9.17, 15) is 9.59 Å². The number of carbonyl (C=O) groups excluding carboxylic acids is 2. The predicted molar refractivity (Wildman–Crippen MR) is 109 cm³/mol. The van der Waals surface area contributed by atoms with Crippen molar-refractivity contribution in [2.75, 3.05) is 19.9 Å². The molecule has 2 heterocycles. The fourth-order valence-corrected chi connectivity index (χ4v) is 3.76. The number of benzene rings is 1. The first-order valence-electron chi connectivity index (χ1n) is 9.38. The number of methoxy groups -OCH3 is 1. The fraction of sp³-hybridized carbons (Fsp3) is 0.429. The van der Waals surface area contributed by atoms with Crippen LogP contribution in [0.5, 0.6) is 5.75 Å². The quantitative estimate of drug-likeness (QED) is 0.768. The minimum Gasteiger partial charge on any atom is -0.497 e. The molecule has 0 radical (unpaired) electrons. The lowest BCUT2D eigenvalue weighted by atomic mass is 10.1. The molecule has 28 heavy (non-hydrogen) atoms. The Kier molecular flexibility index (Phi) is 7.03. The van der Waals surface area contributed by atoms with Crippen molar-refractivity contribution in [1.82, 2.24) is 10.2 Å². The summed E-state index contributed by atoms with van der Waals surface area (Å²) >= 11 is 1.65. The first-order chi connectivity index (χ1) is 13.6. The van der Waals surface area contributed by atoms with Crippen LogP contribution in [0.1, 0.15) is 41.1 Å². The Morgan fingerprint density at radius 3 is 2.96 bits per heavy atom. The molecule has 7 heteroatoms. The van der Waals surface area contributed by atoms with Crippen LogP contribution >= 0.6 is 11.8 Å². The van der Waals surface area contributed by atoms with Gasteiger partial charge in [0.15, 0.2) is 5.76 Å². The number of hydrogen-bond acceptors (Lipinski definition) is 5. The largest absolute Gasteiger partial charge is 0.497 e. The minimum atomic E-state index is -0.217. The van der Waals surface area contributed by atoms with Gasteiger partial charge in [-0.25, -0.2) is 0 Å². The molecule has 2 amide bonds. The standard InChI is InChI=1S/C21H26N2O4S/c1-26-17-5-3-4-15(12-17)13-23-11-10-16(6-9-20(23)24)22-21(25)19-8-7-18(27-19)14-28-2/h3-5,7-8,12,16H,6,9-11,13-14H2,1-2H3,(H,22,25). The Hall–Kier alpha value is -2.41.